The van der Waals surface area contributed by atoms with E-state index in [0.29, 0.717) is 0 Å². The van der Waals surface area contributed by atoms with Crippen LogP contribution in [-0.4, -0.2) is 21.8 Å². The Labute approximate surface area is 147 Å². The Bertz CT molecular complexity index is 884. The van der Waals surface area contributed by atoms with Crippen LogP contribution in [0.25, 0.3) is 22.4 Å². The van der Waals surface area contributed by atoms with Gasteiger partial charge in [0.15, 0.2) is 0 Å². The number of nitro benzene ring substituents is 1. The molecule has 0 aliphatic heterocycles. The predicted molar refractivity (Wildman–Crippen MR) is 95.0 cm³/mol. The standard InChI is InChI=1S/C17H14BrN3O3/c1-20-17(16(18)10-19-20)13-7-12(8-14(9-13)21(22)23)11-3-5-15(24-2)6-4-11/h3-10H,1-2H3. The van der Waals surface area contributed by atoms with E-state index in [1.165, 1.54) is 0 Å². The van der Waals surface area contributed by atoms with Crippen molar-refractivity contribution >= 4 is 21.6 Å². The molecular weight excluding hydrogens is 374 g/mol. The molecule has 1 aromatic heterocycles. The van der Waals surface area contributed by atoms with E-state index in [2.05, 4.69) is 21.0 Å². The monoisotopic (exact) mass is 387 g/mol. The normalized spacial score (nSPS) is 10.6. The molecule has 0 saturated carbocycles. The van der Waals surface area contributed by atoms with E-state index < -0.39 is 0 Å². The Morgan fingerprint density at radius 2 is 1.79 bits per heavy atom. The average Bonchev–Trinajstić information content (AvgIpc) is 2.93. The van der Waals surface area contributed by atoms with Gasteiger partial charge < -0.3 is 4.74 Å². The number of benzene rings is 2. The minimum atomic E-state index is -0.388. The minimum Gasteiger partial charge on any atom is -0.497 e. The molecule has 0 aliphatic carbocycles. The van der Waals surface area contributed by atoms with Crippen LogP contribution in [0.1, 0.15) is 0 Å². The third kappa shape index (κ3) is 3.03. The maximum atomic E-state index is 11.3. The first-order valence-corrected chi connectivity index (χ1v) is 7.90. The molecule has 0 saturated heterocycles. The molecular formula is C17H14BrN3O3. The van der Waals surface area contributed by atoms with Gasteiger partial charge in [0.25, 0.3) is 5.69 Å². The van der Waals surface area contributed by atoms with Crippen LogP contribution in [0, 0.1) is 10.1 Å². The quantitative estimate of drug-likeness (QED) is 0.490. The van der Waals surface area contributed by atoms with Crippen molar-refractivity contribution in [2.45, 2.75) is 0 Å². The molecule has 122 valence electrons. The van der Waals surface area contributed by atoms with E-state index in [0.717, 1.165) is 32.6 Å². The number of aromatic nitrogens is 2. The van der Waals surface area contributed by atoms with Gasteiger partial charge in [-0.15, -0.1) is 0 Å². The molecule has 0 spiro atoms. The first kappa shape index (κ1) is 16.2. The molecule has 24 heavy (non-hydrogen) atoms. The molecule has 0 bridgehead atoms. The van der Waals surface area contributed by atoms with Gasteiger partial charge >= 0.3 is 0 Å². The summed E-state index contributed by atoms with van der Waals surface area (Å²) in [4.78, 5) is 10.9. The Morgan fingerprint density at radius 3 is 2.33 bits per heavy atom. The maximum Gasteiger partial charge on any atom is 0.270 e. The van der Waals surface area contributed by atoms with Crippen LogP contribution in [0.5, 0.6) is 5.75 Å². The van der Waals surface area contributed by atoms with E-state index in [4.69, 9.17) is 4.74 Å². The number of nitro groups is 1. The summed E-state index contributed by atoms with van der Waals surface area (Å²) < 4.78 is 7.62. The summed E-state index contributed by atoms with van der Waals surface area (Å²) in [6.45, 7) is 0. The van der Waals surface area contributed by atoms with Crippen LogP contribution >= 0.6 is 15.9 Å². The van der Waals surface area contributed by atoms with Crippen LogP contribution in [0.3, 0.4) is 0 Å². The lowest BCUT2D eigenvalue weighted by molar-refractivity contribution is -0.384. The van der Waals surface area contributed by atoms with E-state index in [9.17, 15) is 10.1 Å². The third-order valence-corrected chi connectivity index (χ3v) is 4.30. The third-order valence-electron chi connectivity index (χ3n) is 3.72. The Balaban J connectivity index is 2.17. The Hall–Kier alpha value is -2.67. The molecule has 0 atom stereocenters. The fourth-order valence-corrected chi connectivity index (χ4v) is 3.12. The molecule has 1 heterocycles. The van der Waals surface area contributed by atoms with Gasteiger partial charge in [0.1, 0.15) is 5.75 Å². The van der Waals surface area contributed by atoms with Crippen LogP contribution in [0.15, 0.2) is 53.1 Å². The molecule has 2 aromatic carbocycles. The summed E-state index contributed by atoms with van der Waals surface area (Å²) in [5.74, 6) is 0.735. The summed E-state index contributed by atoms with van der Waals surface area (Å²) in [6, 6.07) is 12.4. The molecule has 0 aliphatic rings. The first-order chi connectivity index (χ1) is 11.5. The summed E-state index contributed by atoms with van der Waals surface area (Å²) in [7, 11) is 3.40. The van der Waals surface area contributed by atoms with Crippen LogP contribution in [0.2, 0.25) is 0 Å². The second kappa shape index (κ2) is 6.45. The number of rotatable bonds is 4. The number of hydrogen-bond acceptors (Lipinski definition) is 4. The van der Waals surface area contributed by atoms with Crippen molar-refractivity contribution in [3.05, 3.63) is 63.2 Å². The molecule has 0 unspecified atom stereocenters. The predicted octanol–water partition coefficient (Wildman–Crippen LogP) is 4.43. The van der Waals surface area contributed by atoms with Crippen molar-refractivity contribution in [2.24, 2.45) is 7.05 Å². The Kier molecular flexibility index (Phi) is 4.35. The van der Waals surface area contributed by atoms with E-state index in [-0.39, 0.29) is 10.6 Å². The van der Waals surface area contributed by atoms with E-state index in [1.807, 2.05) is 30.3 Å². The minimum absolute atomic E-state index is 0.0337. The van der Waals surface area contributed by atoms with Crippen molar-refractivity contribution in [3.63, 3.8) is 0 Å². The van der Waals surface area contributed by atoms with Crippen molar-refractivity contribution in [2.75, 3.05) is 7.11 Å². The lowest BCUT2D eigenvalue weighted by Crippen LogP contribution is -1.96. The second-order valence-corrected chi connectivity index (χ2v) is 6.07. The number of hydrogen-bond donors (Lipinski definition) is 0. The molecule has 3 aromatic rings. The summed E-state index contributed by atoms with van der Waals surface area (Å²) in [6.07, 6.45) is 1.67. The summed E-state index contributed by atoms with van der Waals surface area (Å²) >= 11 is 3.45. The van der Waals surface area contributed by atoms with Crippen LogP contribution in [0.4, 0.5) is 5.69 Å². The molecule has 0 N–H and O–H groups in total. The van der Waals surface area contributed by atoms with Gasteiger partial charge in [-0.2, -0.15) is 5.10 Å². The highest BCUT2D eigenvalue weighted by Crippen LogP contribution is 2.34. The zero-order chi connectivity index (χ0) is 17.3. The zero-order valence-corrected chi connectivity index (χ0v) is 14.6. The van der Waals surface area contributed by atoms with Crippen molar-refractivity contribution in [1.82, 2.24) is 9.78 Å². The van der Waals surface area contributed by atoms with Gasteiger partial charge in [-0.25, -0.2) is 0 Å². The zero-order valence-electron chi connectivity index (χ0n) is 13.1. The molecule has 6 nitrogen and oxygen atoms in total. The lowest BCUT2D eigenvalue weighted by Gasteiger charge is -2.08. The van der Waals surface area contributed by atoms with Crippen molar-refractivity contribution in [3.8, 4) is 28.1 Å². The second-order valence-electron chi connectivity index (χ2n) is 5.22. The number of halogens is 1. The molecule has 0 amide bonds. The fourth-order valence-electron chi connectivity index (χ4n) is 2.54. The highest BCUT2D eigenvalue weighted by molar-refractivity contribution is 9.10. The largest absolute Gasteiger partial charge is 0.497 e. The van der Waals surface area contributed by atoms with Crippen molar-refractivity contribution in [1.29, 1.82) is 0 Å². The van der Waals surface area contributed by atoms with Gasteiger partial charge in [0, 0.05) is 24.7 Å². The molecule has 0 fully saturated rings. The van der Waals surface area contributed by atoms with Crippen LogP contribution < -0.4 is 4.74 Å². The number of aryl methyl sites for hydroxylation is 1. The van der Waals surface area contributed by atoms with Gasteiger partial charge in [-0.1, -0.05) is 12.1 Å². The van der Waals surface area contributed by atoms with Gasteiger partial charge in [-0.05, 0) is 45.3 Å². The molecule has 3 rings (SSSR count). The van der Waals surface area contributed by atoms with Gasteiger partial charge in [0.05, 0.1) is 28.4 Å². The van der Waals surface area contributed by atoms with Crippen LogP contribution in [-0.2, 0) is 7.05 Å². The van der Waals surface area contributed by atoms with Gasteiger partial charge in [0.2, 0.25) is 0 Å². The Morgan fingerprint density at radius 1 is 1.12 bits per heavy atom. The maximum absolute atomic E-state index is 11.3. The van der Waals surface area contributed by atoms with E-state index in [1.54, 1.807) is 37.2 Å². The number of non-ortho nitro benzene ring substituents is 1. The highest BCUT2D eigenvalue weighted by Gasteiger charge is 2.16. The fraction of sp³-hybridized carbons (Fsp3) is 0.118. The highest BCUT2D eigenvalue weighted by atomic mass is 79.9. The summed E-state index contributed by atoms with van der Waals surface area (Å²) in [5, 5.41) is 15.5. The smallest absolute Gasteiger partial charge is 0.270 e. The molecule has 0 radical (unpaired) electrons. The lowest BCUT2D eigenvalue weighted by atomic mass is 10.0. The number of methoxy groups -OCH3 is 1. The van der Waals surface area contributed by atoms with E-state index >= 15 is 0 Å². The van der Waals surface area contributed by atoms with Crippen molar-refractivity contribution < 1.29 is 9.66 Å². The average molecular weight is 388 g/mol. The van der Waals surface area contributed by atoms with Gasteiger partial charge in [-0.3, -0.25) is 14.8 Å². The first-order valence-electron chi connectivity index (χ1n) is 7.11. The number of nitrogens with zero attached hydrogens (tertiary/aromatic N) is 3. The summed E-state index contributed by atoms with van der Waals surface area (Å²) in [5.41, 5.74) is 3.18. The number of ether oxygens (including phenoxy) is 1. The molecule has 7 heteroatoms. The topological polar surface area (TPSA) is 70.2 Å². The SMILES string of the molecule is COc1ccc(-c2cc(-c3c(Br)cnn3C)cc([N+](=O)[O-])c2)cc1.